The normalized spacial score (nSPS) is 23.4. The fraction of sp³-hybridized carbons (Fsp3) is 0.389. The van der Waals surface area contributed by atoms with E-state index in [1.807, 2.05) is 0 Å². The van der Waals surface area contributed by atoms with E-state index in [2.05, 4.69) is 5.32 Å². The van der Waals surface area contributed by atoms with Crippen molar-refractivity contribution in [2.24, 2.45) is 0 Å². The van der Waals surface area contributed by atoms with Crippen molar-refractivity contribution in [2.45, 2.75) is 12.1 Å². The van der Waals surface area contributed by atoms with Crippen LogP contribution in [0.5, 0.6) is 11.5 Å². The zero-order chi connectivity index (χ0) is 20.3. The summed E-state index contributed by atoms with van der Waals surface area (Å²) in [6.45, 7) is -0.171. The van der Waals surface area contributed by atoms with E-state index in [1.54, 1.807) is 43.1 Å². The molecule has 2 heterocycles. The van der Waals surface area contributed by atoms with E-state index in [1.165, 1.54) is 12.0 Å². The molecule has 1 aromatic carbocycles. The molecule has 10 heteroatoms. The highest BCUT2D eigenvalue weighted by molar-refractivity contribution is 8.26. The molecule has 2 N–H and O–H groups in total. The first kappa shape index (κ1) is 21.0. The highest BCUT2D eigenvalue weighted by Gasteiger charge is 2.35. The van der Waals surface area contributed by atoms with Gasteiger partial charge in [-0.25, -0.2) is 0 Å². The van der Waals surface area contributed by atoms with Gasteiger partial charge in [-0.1, -0.05) is 24.0 Å². The van der Waals surface area contributed by atoms with Gasteiger partial charge in [0.2, 0.25) is 5.91 Å². The molecule has 0 bridgehead atoms. The lowest BCUT2D eigenvalue weighted by Gasteiger charge is -2.18. The minimum atomic E-state index is -0.567. The quantitative estimate of drug-likeness (QED) is 0.508. The molecular formula is C18H20N2O5S3. The molecule has 150 valence electrons. The highest BCUT2D eigenvalue weighted by Crippen LogP contribution is 2.35. The molecule has 2 saturated heterocycles. The number of aliphatic hydroxyl groups excluding tert-OH is 1. The second-order valence-electron chi connectivity index (χ2n) is 6.15. The van der Waals surface area contributed by atoms with E-state index in [-0.39, 0.29) is 24.4 Å². The summed E-state index contributed by atoms with van der Waals surface area (Å²) in [5.41, 5.74) is 0.708. The molecule has 2 amide bonds. The molecule has 1 aromatic rings. The third kappa shape index (κ3) is 4.62. The number of thiocarbonyl (C=S) groups is 1. The van der Waals surface area contributed by atoms with Gasteiger partial charge >= 0.3 is 0 Å². The van der Waals surface area contributed by atoms with E-state index < -0.39 is 6.10 Å². The van der Waals surface area contributed by atoms with Gasteiger partial charge in [0.15, 0.2) is 0 Å². The Labute approximate surface area is 176 Å². The van der Waals surface area contributed by atoms with Crippen LogP contribution < -0.4 is 14.8 Å². The highest BCUT2D eigenvalue weighted by atomic mass is 32.2. The molecule has 2 unspecified atom stereocenters. The molecule has 2 fully saturated rings. The van der Waals surface area contributed by atoms with Gasteiger partial charge in [-0.3, -0.25) is 14.5 Å². The van der Waals surface area contributed by atoms with Crippen LogP contribution in [0.25, 0.3) is 6.08 Å². The maximum Gasteiger partial charge on any atom is 0.266 e. The molecule has 7 nitrogen and oxygen atoms in total. The van der Waals surface area contributed by atoms with Crippen LogP contribution in [0.4, 0.5) is 0 Å². The van der Waals surface area contributed by atoms with Crippen LogP contribution >= 0.6 is 35.7 Å². The van der Waals surface area contributed by atoms with Crippen molar-refractivity contribution in [1.82, 2.24) is 10.2 Å². The van der Waals surface area contributed by atoms with Gasteiger partial charge in [-0.2, -0.15) is 11.8 Å². The fourth-order valence-electron chi connectivity index (χ4n) is 2.79. The SMILES string of the molecule is COc1ccc(/C=C2/SC(=S)N(CC(=O)NC3CSCC3O)C2=O)c(OC)c1. The predicted octanol–water partition coefficient (Wildman–Crippen LogP) is 1.50. The molecule has 28 heavy (non-hydrogen) atoms. The lowest BCUT2D eigenvalue weighted by molar-refractivity contribution is -0.129. The number of methoxy groups -OCH3 is 2. The van der Waals surface area contributed by atoms with Crippen LogP contribution in [0, 0.1) is 0 Å². The van der Waals surface area contributed by atoms with Gasteiger partial charge in [0, 0.05) is 23.1 Å². The number of hydrogen-bond acceptors (Lipinski definition) is 8. The van der Waals surface area contributed by atoms with Crippen LogP contribution in [0.3, 0.4) is 0 Å². The monoisotopic (exact) mass is 440 g/mol. The number of ether oxygens (including phenoxy) is 2. The third-order valence-corrected chi connectivity index (χ3v) is 6.85. The van der Waals surface area contributed by atoms with Gasteiger partial charge in [0.05, 0.1) is 31.3 Å². The average Bonchev–Trinajstić information content (AvgIpc) is 3.19. The van der Waals surface area contributed by atoms with Gasteiger partial charge in [0.25, 0.3) is 5.91 Å². The van der Waals surface area contributed by atoms with Crippen molar-refractivity contribution < 1.29 is 24.2 Å². The van der Waals surface area contributed by atoms with Crippen LogP contribution in [-0.4, -0.2) is 70.6 Å². The zero-order valence-corrected chi connectivity index (χ0v) is 17.8. The molecular weight excluding hydrogens is 420 g/mol. The first-order chi connectivity index (χ1) is 13.4. The minimum Gasteiger partial charge on any atom is -0.497 e. The summed E-state index contributed by atoms with van der Waals surface area (Å²) < 4.78 is 10.9. The molecule has 0 aromatic heterocycles. The van der Waals surface area contributed by atoms with E-state index in [9.17, 15) is 14.7 Å². The Morgan fingerprint density at radius 2 is 2.18 bits per heavy atom. The van der Waals surface area contributed by atoms with E-state index in [0.29, 0.717) is 37.8 Å². The summed E-state index contributed by atoms with van der Waals surface area (Å²) in [7, 11) is 3.10. The van der Waals surface area contributed by atoms with Gasteiger partial charge < -0.3 is 19.9 Å². The van der Waals surface area contributed by atoms with Crippen molar-refractivity contribution in [2.75, 3.05) is 32.3 Å². The molecule has 0 spiro atoms. The van der Waals surface area contributed by atoms with Crippen molar-refractivity contribution in [3.63, 3.8) is 0 Å². The first-order valence-electron chi connectivity index (χ1n) is 8.45. The molecule has 3 rings (SSSR count). The number of rotatable bonds is 6. The second-order valence-corrected chi connectivity index (χ2v) is 8.91. The van der Waals surface area contributed by atoms with Crippen molar-refractivity contribution in [1.29, 1.82) is 0 Å². The number of nitrogens with zero attached hydrogens (tertiary/aromatic N) is 1. The molecule has 2 aliphatic heterocycles. The minimum absolute atomic E-state index is 0.171. The Balaban J connectivity index is 1.71. The van der Waals surface area contributed by atoms with Crippen molar-refractivity contribution in [3.05, 3.63) is 28.7 Å². The third-order valence-electron chi connectivity index (χ3n) is 4.30. The predicted molar refractivity (Wildman–Crippen MR) is 115 cm³/mol. The molecule has 2 atom stereocenters. The first-order valence-corrected chi connectivity index (χ1v) is 10.8. The maximum absolute atomic E-state index is 12.7. The second kappa shape index (κ2) is 9.17. The van der Waals surface area contributed by atoms with Crippen LogP contribution in [0.15, 0.2) is 23.1 Å². The number of nitrogens with one attached hydrogen (secondary N) is 1. The van der Waals surface area contributed by atoms with E-state index in [0.717, 1.165) is 11.8 Å². The smallest absolute Gasteiger partial charge is 0.266 e. The van der Waals surface area contributed by atoms with Crippen molar-refractivity contribution >= 4 is 58.0 Å². The Morgan fingerprint density at radius 3 is 2.82 bits per heavy atom. The Morgan fingerprint density at radius 1 is 1.39 bits per heavy atom. The number of aliphatic hydroxyl groups is 1. The lowest BCUT2D eigenvalue weighted by Crippen LogP contribution is -2.47. The van der Waals surface area contributed by atoms with Crippen LogP contribution in [0.2, 0.25) is 0 Å². The molecule has 2 aliphatic rings. The average molecular weight is 441 g/mol. The molecule has 0 saturated carbocycles. The van der Waals surface area contributed by atoms with Crippen molar-refractivity contribution in [3.8, 4) is 11.5 Å². The summed E-state index contributed by atoms with van der Waals surface area (Å²) in [5, 5.41) is 12.6. The van der Waals surface area contributed by atoms with Crippen LogP contribution in [-0.2, 0) is 9.59 Å². The summed E-state index contributed by atoms with van der Waals surface area (Å²) in [4.78, 5) is 26.7. The summed E-state index contributed by atoms with van der Waals surface area (Å²) in [6.07, 6.45) is 1.12. The number of hydrogen-bond donors (Lipinski definition) is 2. The Kier molecular flexibility index (Phi) is 6.86. The maximum atomic E-state index is 12.7. The zero-order valence-electron chi connectivity index (χ0n) is 15.3. The van der Waals surface area contributed by atoms with E-state index >= 15 is 0 Å². The molecule has 0 radical (unpaired) electrons. The summed E-state index contributed by atoms with van der Waals surface area (Å²) in [6, 6.07) is 4.99. The topological polar surface area (TPSA) is 88.1 Å². The van der Waals surface area contributed by atoms with Gasteiger partial charge in [-0.15, -0.1) is 0 Å². The number of carbonyl (C=O) groups excluding carboxylic acids is 2. The fourth-order valence-corrected chi connectivity index (χ4v) is 5.21. The Bertz CT molecular complexity index is 829. The van der Waals surface area contributed by atoms with Gasteiger partial charge in [-0.05, 0) is 18.2 Å². The number of benzene rings is 1. The Hall–Kier alpha value is -1.75. The van der Waals surface area contributed by atoms with E-state index in [4.69, 9.17) is 21.7 Å². The summed E-state index contributed by atoms with van der Waals surface area (Å²) in [5.74, 6) is 1.79. The number of thioether (sulfide) groups is 2. The lowest BCUT2D eigenvalue weighted by atomic mass is 10.1. The standard InChI is InChI=1S/C18H20N2O5S3/c1-24-11-4-3-10(14(6-11)25-2)5-15-17(23)20(18(26)28-15)7-16(22)19-12-8-27-9-13(12)21/h3-6,12-13,21H,7-9H2,1-2H3,(H,19,22)/b15-5+. The van der Waals surface area contributed by atoms with Gasteiger partial charge in [0.1, 0.15) is 22.4 Å². The van der Waals surface area contributed by atoms with Crippen LogP contribution in [0.1, 0.15) is 5.56 Å². The number of carbonyl (C=O) groups is 2. The number of amides is 2. The summed E-state index contributed by atoms with van der Waals surface area (Å²) >= 11 is 8.00. The molecule has 0 aliphatic carbocycles. The largest absolute Gasteiger partial charge is 0.497 e.